The Bertz CT molecular complexity index is 430. The maximum atomic E-state index is 14.0. The third kappa shape index (κ3) is 4.34. The number of hydrogen-bond donors (Lipinski definition) is 0. The SMILES string of the molecule is Cc1cccc(C(=O)N(CC(C)C)CC(C)C)c1F. The van der Waals surface area contributed by atoms with Gasteiger partial charge in [-0.3, -0.25) is 4.79 Å². The third-order valence-corrected chi connectivity index (χ3v) is 2.88. The molecule has 3 heteroatoms. The maximum Gasteiger partial charge on any atom is 0.256 e. The molecule has 0 aliphatic rings. The van der Waals surface area contributed by atoms with Crippen LogP contribution in [0.2, 0.25) is 0 Å². The van der Waals surface area contributed by atoms with E-state index < -0.39 is 5.82 Å². The van der Waals surface area contributed by atoms with Crippen LogP contribution in [0, 0.1) is 24.6 Å². The second-order valence-corrected chi connectivity index (χ2v) is 5.93. The summed E-state index contributed by atoms with van der Waals surface area (Å²) in [7, 11) is 0. The van der Waals surface area contributed by atoms with Gasteiger partial charge in [-0.15, -0.1) is 0 Å². The molecule has 1 rings (SSSR count). The lowest BCUT2D eigenvalue weighted by Crippen LogP contribution is -2.37. The Morgan fingerprint density at radius 1 is 1.16 bits per heavy atom. The summed E-state index contributed by atoms with van der Waals surface area (Å²) in [6.45, 7) is 11.2. The smallest absolute Gasteiger partial charge is 0.256 e. The molecule has 0 heterocycles. The van der Waals surface area contributed by atoms with Gasteiger partial charge in [0.05, 0.1) is 5.56 Å². The lowest BCUT2D eigenvalue weighted by atomic mass is 10.1. The van der Waals surface area contributed by atoms with Crippen molar-refractivity contribution in [2.24, 2.45) is 11.8 Å². The Morgan fingerprint density at radius 2 is 1.68 bits per heavy atom. The fraction of sp³-hybridized carbons (Fsp3) is 0.562. The zero-order valence-corrected chi connectivity index (χ0v) is 12.5. The number of aryl methyl sites for hydroxylation is 1. The van der Waals surface area contributed by atoms with Crippen molar-refractivity contribution in [3.8, 4) is 0 Å². The van der Waals surface area contributed by atoms with Crippen LogP contribution in [-0.2, 0) is 0 Å². The van der Waals surface area contributed by atoms with Crippen molar-refractivity contribution >= 4 is 5.91 Å². The fourth-order valence-electron chi connectivity index (χ4n) is 2.10. The number of benzene rings is 1. The average Bonchev–Trinajstić information content (AvgIpc) is 2.30. The molecule has 0 radical (unpaired) electrons. The predicted molar refractivity (Wildman–Crippen MR) is 76.7 cm³/mol. The second-order valence-electron chi connectivity index (χ2n) is 5.93. The summed E-state index contributed by atoms with van der Waals surface area (Å²) in [6.07, 6.45) is 0. The van der Waals surface area contributed by atoms with Gasteiger partial charge in [-0.25, -0.2) is 4.39 Å². The molecule has 0 aliphatic carbocycles. The highest BCUT2D eigenvalue weighted by atomic mass is 19.1. The highest BCUT2D eigenvalue weighted by Crippen LogP contribution is 2.16. The van der Waals surface area contributed by atoms with Crippen LogP contribution >= 0.6 is 0 Å². The van der Waals surface area contributed by atoms with Gasteiger partial charge in [0.2, 0.25) is 0 Å². The lowest BCUT2D eigenvalue weighted by Gasteiger charge is -2.26. The van der Waals surface area contributed by atoms with Gasteiger partial charge < -0.3 is 4.90 Å². The number of carbonyl (C=O) groups is 1. The molecule has 0 N–H and O–H groups in total. The first-order valence-electron chi connectivity index (χ1n) is 6.87. The largest absolute Gasteiger partial charge is 0.338 e. The van der Waals surface area contributed by atoms with E-state index in [9.17, 15) is 9.18 Å². The molecular weight excluding hydrogens is 241 g/mol. The Balaban J connectivity index is 3.01. The molecule has 2 nitrogen and oxygen atoms in total. The summed E-state index contributed by atoms with van der Waals surface area (Å²) in [5, 5.41) is 0. The van der Waals surface area contributed by atoms with Crippen molar-refractivity contribution in [1.29, 1.82) is 0 Å². The summed E-state index contributed by atoms with van der Waals surface area (Å²) in [5.74, 6) is 0.139. The summed E-state index contributed by atoms with van der Waals surface area (Å²) in [6, 6.07) is 4.98. The van der Waals surface area contributed by atoms with Gasteiger partial charge in [0, 0.05) is 13.1 Å². The number of rotatable bonds is 5. The van der Waals surface area contributed by atoms with Crippen molar-refractivity contribution in [3.63, 3.8) is 0 Å². The van der Waals surface area contributed by atoms with Crippen molar-refractivity contribution < 1.29 is 9.18 Å². The van der Waals surface area contributed by atoms with E-state index in [1.54, 1.807) is 30.0 Å². The van der Waals surface area contributed by atoms with E-state index >= 15 is 0 Å². The molecule has 0 saturated heterocycles. The topological polar surface area (TPSA) is 20.3 Å². The van der Waals surface area contributed by atoms with E-state index in [4.69, 9.17) is 0 Å². The molecule has 0 fully saturated rings. The van der Waals surface area contributed by atoms with Crippen molar-refractivity contribution in [1.82, 2.24) is 4.90 Å². The van der Waals surface area contributed by atoms with Crippen molar-refractivity contribution in [3.05, 3.63) is 35.1 Å². The van der Waals surface area contributed by atoms with Crippen LogP contribution < -0.4 is 0 Å². The van der Waals surface area contributed by atoms with E-state index in [0.717, 1.165) is 0 Å². The first-order chi connectivity index (χ1) is 8.82. The molecule has 0 aromatic heterocycles. The Hall–Kier alpha value is -1.38. The molecule has 1 aromatic rings. The second kappa shape index (κ2) is 6.69. The molecular formula is C16H24FNO. The molecule has 0 saturated carbocycles. The molecule has 19 heavy (non-hydrogen) atoms. The van der Waals surface area contributed by atoms with Crippen LogP contribution in [-0.4, -0.2) is 23.9 Å². The highest BCUT2D eigenvalue weighted by Gasteiger charge is 2.21. The molecule has 106 valence electrons. The minimum absolute atomic E-state index is 0.182. The number of halogens is 1. The van der Waals surface area contributed by atoms with Crippen LogP contribution in [0.15, 0.2) is 18.2 Å². The zero-order valence-electron chi connectivity index (χ0n) is 12.5. The maximum absolute atomic E-state index is 14.0. The Kier molecular flexibility index (Phi) is 5.52. The number of amides is 1. The number of hydrogen-bond acceptors (Lipinski definition) is 1. The van der Waals surface area contributed by atoms with Crippen molar-refractivity contribution in [2.45, 2.75) is 34.6 Å². The molecule has 1 amide bonds. The minimum atomic E-state index is -0.398. The summed E-state index contributed by atoms with van der Waals surface area (Å²) < 4.78 is 14.0. The van der Waals surface area contributed by atoms with Gasteiger partial charge in [-0.1, -0.05) is 39.8 Å². The first-order valence-corrected chi connectivity index (χ1v) is 6.87. The predicted octanol–water partition coefficient (Wildman–Crippen LogP) is 3.89. The Labute approximate surface area is 115 Å². The van der Waals surface area contributed by atoms with Gasteiger partial charge in [-0.2, -0.15) is 0 Å². The van der Waals surface area contributed by atoms with Crippen LogP contribution in [0.5, 0.6) is 0 Å². The normalized spacial score (nSPS) is 11.2. The van der Waals surface area contributed by atoms with Crippen LogP contribution in [0.1, 0.15) is 43.6 Å². The summed E-state index contributed by atoms with van der Waals surface area (Å²) in [5.41, 5.74) is 0.696. The van der Waals surface area contributed by atoms with Crippen LogP contribution in [0.4, 0.5) is 4.39 Å². The van der Waals surface area contributed by atoms with Gasteiger partial charge in [0.15, 0.2) is 0 Å². The van der Waals surface area contributed by atoms with Gasteiger partial charge in [0.1, 0.15) is 5.82 Å². The molecule has 0 bridgehead atoms. The monoisotopic (exact) mass is 265 g/mol. The van der Waals surface area contributed by atoms with Gasteiger partial charge in [0.25, 0.3) is 5.91 Å². The first kappa shape index (κ1) is 15.7. The summed E-state index contributed by atoms with van der Waals surface area (Å²) in [4.78, 5) is 14.2. The third-order valence-electron chi connectivity index (χ3n) is 2.88. The molecule has 1 aromatic carbocycles. The number of carbonyl (C=O) groups excluding carboxylic acids is 1. The minimum Gasteiger partial charge on any atom is -0.338 e. The summed E-state index contributed by atoms with van der Waals surface area (Å²) >= 11 is 0. The highest BCUT2D eigenvalue weighted by molar-refractivity contribution is 5.94. The average molecular weight is 265 g/mol. The van der Waals surface area contributed by atoms with Gasteiger partial charge in [-0.05, 0) is 30.4 Å². The quantitative estimate of drug-likeness (QED) is 0.791. The number of nitrogens with zero attached hydrogens (tertiary/aromatic N) is 1. The zero-order chi connectivity index (χ0) is 14.6. The van der Waals surface area contributed by atoms with E-state index in [1.807, 2.05) is 0 Å². The van der Waals surface area contributed by atoms with Crippen LogP contribution in [0.25, 0.3) is 0 Å². The fourth-order valence-corrected chi connectivity index (χ4v) is 2.10. The molecule has 0 unspecified atom stereocenters. The van der Waals surface area contributed by atoms with Gasteiger partial charge >= 0.3 is 0 Å². The standard InChI is InChI=1S/C16H24FNO/c1-11(2)9-18(10-12(3)4)16(19)14-8-6-7-13(5)15(14)17/h6-8,11-12H,9-10H2,1-5H3. The van der Waals surface area contributed by atoms with E-state index in [-0.39, 0.29) is 11.5 Å². The molecule has 0 spiro atoms. The van der Waals surface area contributed by atoms with Crippen LogP contribution in [0.3, 0.4) is 0 Å². The van der Waals surface area contributed by atoms with E-state index in [1.165, 1.54) is 0 Å². The molecule has 0 aliphatic heterocycles. The molecule has 0 atom stereocenters. The van der Waals surface area contributed by atoms with E-state index in [0.29, 0.717) is 30.5 Å². The van der Waals surface area contributed by atoms with E-state index in [2.05, 4.69) is 27.7 Å². The lowest BCUT2D eigenvalue weighted by molar-refractivity contribution is 0.0710. The Morgan fingerprint density at radius 3 is 2.16 bits per heavy atom. The van der Waals surface area contributed by atoms with Crippen molar-refractivity contribution in [2.75, 3.05) is 13.1 Å².